The number of carbonyl (C=O) groups is 1. The molecule has 0 radical (unpaired) electrons. The first-order valence-corrected chi connectivity index (χ1v) is 9.97. The molecule has 0 aliphatic heterocycles. The van der Waals surface area contributed by atoms with Gasteiger partial charge in [0.2, 0.25) is 10.0 Å². The van der Waals surface area contributed by atoms with Gasteiger partial charge in [0.05, 0.1) is 17.6 Å². The molecule has 1 heterocycles. The quantitative estimate of drug-likeness (QED) is 0.448. The Morgan fingerprint density at radius 3 is 2.55 bits per heavy atom. The molecule has 3 rings (SSSR count). The number of ether oxygens (including phenoxy) is 2. The highest BCUT2D eigenvalue weighted by Gasteiger charge is 2.19. The van der Waals surface area contributed by atoms with Gasteiger partial charge in [0.1, 0.15) is 17.9 Å². The molecule has 2 aromatic carbocycles. The number of rotatable bonds is 6. The Hall–Kier alpha value is -3.17. The Morgan fingerprint density at radius 1 is 1.10 bits per heavy atom. The molecule has 0 spiro atoms. The average molecular weight is 417 g/mol. The molecule has 0 saturated heterocycles. The Morgan fingerprint density at radius 2 is 1.86 bits per heavy atom. The third-order valence-electron chi connectivity index (χ3n) is 4.24. The van der Waals surface area contributed by atoms with E-state index in [0.717, 1.165) is 4.31 Å². The number of esters is 1. The van der Waals surface area contributed by atoms with Gasteiger partial charge in [-0.2, -0.15) is 0 Å². The molecule has 8 nitrogen and oxygen atoms in total. The van der Waals surface area contributed by atoms with Crippen LogP contribution in [0.5, 0.6) is 5.75 Å². The van der Waals surface area contributed by atoms with Crippen LogP contribution in [0.2, 0.25) is 0 Å². The molecule has 1 aromatic heterocycles. The summed E-state index contributed by atoms with van der Waals surface area (Å²) in [5, 5.41) is 0.599. The van der Waals surface area contributed by atoms with Gasteiger partial charge in [0, 0.05) is 37.2 Å². The highest BCUT2D eigenvalue weighted by Crippen LogP contribution is 2.23. The molecule has 29 heavy (non-hydrogen) atoms. The van der Waals surface area contributed by atoms with Crippen molar-refractivity contribution in [3.63, 3.8) is 0 Å². The summed E-state index contributed by atoms with van der Waals surface area (Å²) in [5.74, 6) is -0.190. The highest BCUT2D eigenvalue weighted by molar-refractivity contribution is 7.89. The summed E-state index contributed by atoms with van der Waals surface area (Å²) in [6.45, 7) is -0.183. The number of fused-ring (bicyclic) bond motifs is 1. The first kappa shape index (κ1) is 20.6. The largest absolute Gasteiger partial charge is 0.497 e. The number of hydrogen-bond acceptors (Lipinski definition) is 7. The lowest BCUT2D eigenvalue weighted by atomic mass is 10.1. The maximum Gasteiger partial charge on any atom is 0.338 e. The highest BCUT2D eigenvalue weighted by atomic mass is 32.2. The van der Waals surface area contributed by atoms with E-state index in [0.29, 0.717) is 22.3 Å². The molecular weight excluding hydrogens is 398 g/mol. The Bertz CT molecular complexity index is 1230. The van der Waals surface area contributed by atoms with Crippen LogP contribution in [-0.2, 0) is 21.4 Å². The number of carbonyl (C=O) groups excluding carboxylic acids is 1. The smallest absolute Gasteiger partial charge is 0.338 e. The first-order chi connectivity index (χ1) is 13.7. The summed E-state index contributed by atoms with van der Waals surface area (Å²) in [4.78, 5) is 24.2. The van der Waals surface area contributed by atoms with Crippen LogP contribution in [0.25, 0.3) is 11.0 Å². The van der Waals surface area contributed by atoms with Gasteiger partial charge in [-0.15, -0.1) is 0 Å². The van der Waals surface area contributed by atoms with Crippen LogP contribution < -0.4 is 10.4 Å². The van der Waals surface area contributed by atoms with Crippen molar-refractivity contribution >= 4 is 27.0 Å². The van der Waals surface area contributed by atoms with Crippen LogP contribution in [0.1, 0.15) is 15.9 Å². The van der Waals surface area contributed by atoms with Crippen LogP contribution in [0.4, 0.5) is 0 Å². The fraction of sp³-hybridized carbons (Fsp3) is 0.200. The van der Waals surface area contributed by atoms with E-state index in [1.54, 1.807) is 18.2 Å². The number of benzene rings is 2. The second kappa shape index (κ2) is 8.06. The summed E-state index contributed by atoms with van der Waals surface area (Å²) in [6.07, 6.45) is 0. The zero-order valence-electron chi connectivity index (χ0n) is 16.0. The van der Waals surface area contributed by atoms with Gasteiger partial charge in [-0.25, -0.2) is 22.3 Å². The van der Waals surface area contributed by atoms with E-state index in [-0.39, 0.29) is 17.1 Å². The number of methoxy groups -OCH3 is 1. The van der Waals surface area contributed by atoms with Gasteiger partial charge in [-0.3, -0.25) is 0 Å². The van der Waals surface area contributed by atoms with Crippen LogP contribution in [-0.4, -0.2) is 39.9 Å². The third kappa shape index (κ3) is 4.30. The SMILES string of the molecule is COc1ccc2c(COC(=O)c3cccc(S(=O)(=O)N(C)C)c3)cc(=O)oc2c1. The zero-order chi connectivity index (χ0) is 21.2. The summed E-state index contributed by atoms with van der Waals surface area (Å²) in [6, 6.07) is 11.8. The molecule has 9 heteroatoms. The predicted molar refractivity (Wildman–Crippen MR) is 105 cm³/mol. The summed E-state index contributed by atoms with van der Waals surface area (Å²) in [7, 11) is 0.623. The number of hydrogen-bond donors (Lipinski definition) is 0. The van der Waals surface area contributed by atoms with Gasteiger partial charge in [-0.1, -0.05) is 6.07 Å². The van der Waals surface area contributed by atoms with Gasteiger partial charge in [0.25, 0.3) is 0 Å². The Labute approximate surface area is 167 Å². The molecule has 0 aliphatic carbocycles. The van der Waals surface area contributed by atoms with E-state index in [9.17, 15) is 18.0 Å². The van der Waals surface area contributed by atoms with E-state index < -0.39 is 21.6 Å². The Kier molecular flexibility index (Phi) is 5.71. The first-order valence-electron chi connectivity index (χ1n) is 8.53. The van der Waals surface area contributed by atoms with Crippen molar-refractivity contribution in [1.29, 1.82) is 0 Å². The molecule has 0 amide bonds. The second-order valence-electron chi connectivity index (χ2n) is 6.34. The maximum absolute atomic E-state index is 12.4. The van der Waals surface area contributed by atoms with Crippen molar-refractivity contribution in [3.05, 3.63) is 70.1 Å². The van der Waals surface area contributed by atoms with E-state index >= 15 is 0 Å². The van der Waals surface area contributed by atoms with Gasteiger partial charge in [-0.05, 0) is 30.3 Å². The van der Waals surface area contributed by atoms with Crippen molar-refractivity contribution < 1.29 is 27.1 Å². The molecule has 0 bridgehead atoms. The summed E-state index contributed by atoms with van der Waals surface area (Å²) in [5.41, 5.74) is 0.268. The summed E-state index contributed by atoms with van der Waals surface area (Å²) < 4.78 is 41.1. The zero-order valence-corrected chi connectivity index (χ0v) is 16.9. The van der Waals surface area contributed by atoms with E-state index in [1.165, 1.54) is 51.5 Å². The fourth-order valence-electron chi connectivity index (χ4n) is 2.68. The molecule has 0 unspecified atom stereocenters. The lowest BCUT2D eigenvalue weighted by molar-refractivity contribution is 0.0473. The van der Waals surface area contributed by atoms with Crippen LogP contribution in [0, 0.1) is 0 Å². The van der Waals surface area contributed by atoms with Crippen molar-refractivity contribution in [2.24, 2.45) is 0 Å². The van der Waals surface area contributed by atoms with Crippen molar-refractivity contribution in [1.82, 2.24) is 4.31 Å². The van der Waals surface area contributed by atoms with Crippen LogP contribution >= 0.6 is 0 Å². The van der Waals surface area contributed by atoms with Crippen molar-refractivity contribution in [2.75, 3.05) is 21.2 Å². The molecule has 0 fully saturated rings. The van der Waals surface area contributed by atoms with Gasteiger partial charge >= 0.3 is 11.6 Å². The van der Waals surface area contributed by atoms with Crippen molar-refractivity contribution in [2.45, 2.75) is 11.5 Å². The molecule has 152 valence electrons. The fourth-order valence-corrected chi connectivity index (χ4v) is 3.63. The normalized spacial score (nSPS) is 11.6. The van der Waals surface area contributed by atoms with Crippen LogP contribution in [0.15, 0.2) is 62.6 Å². The lowest BCUT2D eigenvalue weighted by Gasteiger charge is -2.12. The van der Waals surface area contributed by atoms with Gasteiger partial charge < -0.3 is 13.9 Å². The average Bonchev–Trinajstić information content (AvgIpc) is 2.71. The molecule has 0 saturated carbocycles. The number of sulfonamides is 1. The van der Waals surface area contributed by atoms with E-state index in [2.05, 4.69) is 0 Å². The van der Waals surface area contributed by atoms with Crippen molar-refractivity contribution in [3.8, 4) is 5.75 Å². The van der Waals surface area contributed by atoms with Gasteiger partial charge in [0.15, 0.2) is 0 Å². The van der Waals surface area contributed by atoms with E-state index in [1.807, 2.05) is 0 Å². The monoisotopic (exact) mass is 417 g/mol. The summed E-state index contributed by atoms with van der Waals surface area (Å²) >= 11 is 0. The standard InChI is InChI=1S/C20H19NO7S/c1-21(2)29(24,25)16-6-4-5-13(9-16)20(23)27-12-14-10-19(22)28-18-11-15(26-3)7-8-17(14)18/h4-11H,12H2,1-3H3. The molecular formula is C20H19NO7S. The minimum atomic E-state index is -3.68. The molecule has 0 N–H and O–H groups in total. The Balaban J connectivity index is 1.86. The topological polar surface area (TPSA) is 103 Å². The molecule has 3 aromatic rings. The lowest BCUT2D eigenvalue weighted by Crippen LogP contribution is -2.22. The maximum atomic E-state index is 12.4. The molecule has 0 atom stereocenters. The van der Waals surface area contributed by atoms with E-state index in [4.69, 9.17) is 13.9 Å². The minimum Gasteiger partial charge on any atom is -0.497 e. The predicted octanol–water partition coefficient (Wildman–Crippen LogP) is 2.41. The number of nitrogens with zero attached hydrogens (tertiary/aromatic N) is 1. The molecule has 0 aliphatic rings. The third-order valence-corrected chi connectivity index (χ3v) is 6.06. The second-order valence-corrected chi connectivity index (χ2v) is 8.50. The minimum absolute atomic E-state index is 0.0187. The van der Waals surface area contributed by atoms with Crippen LogP contribution in [0.3, 0.4) is 0 Å².